The van der Waals surface area contributed by atoms with Gasteiger partial charge in [-0.25, -0.2) is 0 Å². The zero-order chi connectivity index (χ0) is 9.06. The van der Waals surface area contributed by atoms with Crippen molar-refractivity contribution in [1.29, 1.82) is 0 Å². The molecule has 0 aliphatic heterocycles. The Morgan fingerprint density at radius 3 is 2.62 bits per heavy atom. The fourth-order valence-electron chi connectivity index (χ4n) is 5.36. The molecule has 4 aliphatic rings. The lowest BCUT2D eigenvalue weighted by molar-refractivity contribution is -0.0248. The lowest BCUT2D eigenvalue weighted by Gasteiger charge is -2.31. The average molecular weight is 178 g/mol. The molecule has 5 atom stereocenters. The summed E-state index contributed by atoms with van der Waals surface area (Å²) < 4.78 is 0. The lowest BCUT2D eigenvalue weighted by atomic mass is 9.80. The molecule has 4 aliphatic carbocycles. The highest BCUT2D eigenvalue weighted by molar-refractivity contribution is 5.34. The molecule has 1 N–H and O–H groups in total. The van der Waals surface area contributed by atoms with Crippen molar-refractivity contribution >= 4 is 0 Å². The Morgan fingerprint density at radius 2 is 2.00 bits per heavy atom. The quantitative estimate of drug-likeness (QED) is 0.603. The second-order valence-electron chi connectivity index (χ2n) is 6.80. The molecule has 1 nitrogen and oxygen atoms in total. The molecule has 0 saturated heterocycles. The summed E-state index contributed by atoms with van der Waals surface area (Å²) in [5.74, 6) is 2.72. The van der Waals surface area contributed by atoms with E-state index >= 15 is 0 Å². The van der Waals surface area contributed by atoms with Crippen LogP contribution in [0.1, 0.15) is 39.5 Å². The molecule has 0 aromatic carbocycles. The van der Waals surface area contributed by atoms with Crippen LogP contribution in [-0.4, -0.2) is 10.7 Å². The molecular weight excluding hydrogens is 160 g/mol. The van der Waals surface area contributed by atoms with Crippen LogP contribution in [0.5, 0.6) is 0 Å². The lowest BCUT2D eigenvalue weighted by Crippen LogP contribution is -2.35. The van der Waals surface area contributed by atoms with Gasteiger partial charge in [0.1, 0.15) is 0 Å². The molecule has 4 fully saturated rings. The van der Waals surface area contributed by atoms with Crippen molar-refractivity contribution in [1.82, 2.24) is 0 Å². The highest BCUT2D eigenvalue weighted by Crippen LogP contribution is 2.87. The van der Waals surface area contributed by atoms with E-state index in [1.54, 1.807) is 0 Å². The fraction of sp³-hybridized carbons (Fsp3) is 1.00. The third kappa shape index (κ3) is 0.538. The molecule has 0 heterocycles. The molecule has 0 radical (unpaired) electrons. The van der Waals surface area contributed by atoms with Gasteiger partial charge in [-0.1, -0.05) is 13.8 Å². The van der Waals surface area contributed by atoms with Crippen LogP contribution < -0.4 is 0 Å². The van der Waals surface area contributed by atoms with Gasteiger partial charge in [0.05, 0.1) is 5.60 Å². The molecule has 4 rings (SSSR count). The Kier molecular flexibility index (Phi) is 0.839. The van der Waals surface area contributed by atoms with E-state index in [0.717, 1.165) is 30.6 Å². The van der Waals surface area contributed by atoms with Crippen LogP contribution in [0, 0.1) is 28.6 Å². The molecule has 0 amide bonds. The Hall–Kier alpha value is -0.0400. The van der Waals surface area contributed by atoms with Gasteiger partial charge in [-0.05, 0) is 48.9 Å². The van der Waals surface area contributed by atoms with Gasteiger partial charge in [-0.15, -0.1) is 0 Å². The minimum atomic E-state index is -0.227. The highest BCUT2D eigenvalue weighted by atomic mass is 16.3. The molecule has 0 aromatic rings. The van der Waals surface area contributed by atoms with E-state index in [1.165, 1.54) is 12.8 Å². The maximum atomic E-state index is 10.7. The number of fused-ring (bicyclic) bond motifs is 1. The van der Waals surface area contributed by atoms with Gasteiger partial charge in [0.15, 0.2) is 0 Å². The predicted molar refractivity (Wildman–Crippen MR) is 50.1 cm³/mol. The number of hydrogen-bond acceptors (Lipinski definition) is 1. The minimum Gasteiger partial charge on any atom is -0.389 e. The van der Waals surface area contributed by atoms with Crippen LogP contribution in [0.25, 0.3) is 0 Å². The van der Waals surface area contributed by atoms with E-state index in [2.05, 4.69) is 13.8 Å². The van der Waals surface area contributed by atoms with Gasteiger partial charge in [-0.3, -0.25) is 0 Å². The molecule has 1 unspecified atom stereocenters. The summed E-state index contributed by atoms with van der Waals surface area (Å²) in [5, 5.41) is 10.7. The van der Waals surface area contributed by atoms with Crippen molar-refractivity contribution in [2.75, 3.05) is 0 Å². The monoisotopic (exact) mass is 178 g/mol. The SMILES string of the molecule is CC1(C)C[C@]2(O)C[C@@H]3C[C@@H]3C23C[C@@H]13. The second kappa shape index (κ2) is 1.50. The van der Waals surface area contributed by atoms with Crippen LogP contribution in [-0.2, 0) is 0 Å². The highest BCUT2D eigenvalue weighted by Gasteiger charge is 2.85. The van der Waals surface area contributed by atoms with Crippen molar-refractivity contribution in [3.8, 4) is 0 Å². The van der Waals surface area contributed by atoms with Gasteiger partial charge in [0.25, 0.3) is 0 Å². The zero-order valence-corrected chi connectivity index (χ0v) is 8.51. The maximum absolute atomic E-state index is 10.7. The minimum absolute atomic E-state index is 0.227. The van der Waals surface area contributed by atoms with Crippen molar-refractivity contribution in [2.45, 2.75) is 45.1 Å². The van der Waals surface area contributed by atoms with Crippen LogP contribution in [0.3, 0.4) is 0 Å². The van der Waals surface area contributed by atoms with Crippen LogP contribution >= 0.6 is 0 Å². The molecule has 72 valence electrons. The van der Waals surface area contributed by atoms with E-state index < -0.39 is 0 Å². The first-order valence-electron chi connectivity index (χ1n) is 5.72. The Balaban J connectivity index is 1.86. The van der Waals surface area contributed by atoms with Crippen molar-refractivity contribution in [2.24, 2.45) is 28.6 Å². The number of rotatable bonds is 0. The van der Waals surface area contributed by atoms with E-state index in [9.17, 15) is 5.11 Å². The predicted octanol–water partition coefficient (Wildman–Crippen LogP) is 2.19. The number of hydrogen-bond donors (Lipinski definition) is 1. The smallest absolute Gasteiger partial charge is 0.0717 e. The first kappa shape index (κ1) is 7.28. The fourth-order valence-corrected chi connectivity index (χ4v) is 5.36. The first-order chi connectivity index (χ1) is 6.00. The van der Waals surface area contributed by atoms with Gasteiger partial charge < -0.3 is 5.11 Å². The standard InChI is InChI=1S/C12H18O/c1-10(2)6-11(13)4-7-3-8(7)12(11)5-9(10)12/h7-9,13H,3-6H2,1-2H3/t7-,8-,9-,11+,12?/m0/s1. The van der Waals surface area contributed by atoms with Gasteiger partial charge in [-0.2, -0.15) is 0 Å². The molecule has 13 heavy (non-hydrogen) atoms. The average Bonchev–Trinajstić information content (AvgIpc) is 2.71. The van der Waals surface area contributed by atoms with E-state index in [0.29, 0.717) is 10.8 Å². The third-order valence-electron chi connectivity index (χ3n) is 5.75. The van der Waals surface area contributed by atoms with Gasteiger partial charge >= 0.3 is 0 Å². The molecule has 0 aromatic heterocycles. The Bertz CT molecular complexity index is 308. The Morgan fingerprint density at radius 1 is 1.23 bits per heavy atom. The van der Waals surface area contributed by atoms with Crippen LogP contribution in [0.2, 0.25) is 0 Å². The summed E-state index contributed by atoms with van der Waals surface area (Å²) in [6, 6.07) is 0. The summed E-state index contributed by atoms with van der Waals surface area (Å²) >= 11 is 0. The molecular formula is C12H18O. The second-order valence-corrected chi connectivity index (χ2v) is 6.80. The normalized spacial score (nSPS) is 69.9. The van der Waals surface area contributed by atoms with Crippen molar-refractivity contribution in [3.63, 3.8) is 0 Å². The van der Waals surface area contributed by atoms with Gasteiger partial charge in [0.2, 0.25) is 0 Å². The summed E-state index contributed by atoms with van der Waals surface area (Å²) in [6.07, 6.45) is 5.00. The van der Waals surface area contributed by atoms with E-state index in [1.807, 2.05) is 0 Å². The van der Waals surface area contributed by atoms with Gasteiger partial charge in [0, 0.05) is 5.41 Å². The van der Waals surface area contributed by atoms with Crippen molar-refractivity contribution < 1.29 is 5.11 Å². The molecule has 0 bridgehead atoms. The van der Waals surface area contributed by atoms with E-state index in [-0.39, 0.29) is 5.60 Å². The third-order valence-corrected chi connectivity index (χ3v) is 5.75. The largest absolute Gasteiger partial charge is 0.389 e. The first-order valence-corrected chi connectivity index (χ1v) is 5.72. The topological polar surface area (TPSA) is 20.2 Å². The summed E-state index contributed by atoms with van der Waals surface area (Å²) in [7, 11) is 0. The molecule has 4 saturated carbocycles. The number of aliphatic hydroxyl groups is 1. The maximum Gasteiger partial charge on any atom is 0.0717 e. The summed E-state index contributed by atoms with van der Waals surface area (Å²) in [4.78, 5) is 0. The van der Waals surface area contributed by atoms with Crippen molar-refractivity contribution in [3.05, 3.63) is 0 Å². The van der Waals surface area contributed by atoms with Crippen LogP contribution in [0.4, 0.5) is 0 Å². The van der Waals surface area contributed by atoms with E-state index in [4.69, 9.17) is 0 Å². The van der Waals surface area contributed by atoms with Crippen LogP contribution in [0.15, 0.2) is 0 Å². The summed E-state index contributed by atoms with van der Waals surface area (Å²) in [5.41, 5.74) is 0.637. The molecule has 1 spiro atoms. The Labute approximate surface area is 79.5 Å². The summed E-state index contributed by atoms with van der Waals surface area (Å²) in [6.45, 7) is 4.72. The zero-order valence-electron chi connectivity index (χ0n) is 8.51. The molecule has 1 heteroatoms.